The molecule has 0 aromatic heterocycles. The van der Waals surface area contributed by atoms with Gasteiger partial charge in [0.15, 0.2) is 0 Å². The second kappa shape index (κ2) is 17.2. The lowest BCUT2D eigenvalue weighted by Gasteiger charge is -2.35. The first-order chi connectivity index (χ1) is 24.2. The fourth-order valence-electron chi connectivity index (χ4n) is 6.31. The van der Waals surface area contributed by atoms with Gasteiger partial charge in [0.05, 0.1) is 24.3 Å². The van der Waals surface area contributed by atoms with Crippen LogP contribution in [0.15, 0.2) is 108 Å². The standard InChI is InChI=1S/C40H47N3O6S/c1-4-49-35-22-20-34(21-23-35)43(50(46,47)37-24-18-30(2)19-25-37)29-39(44)42(28-32-14-11-17-36(26-32)48-3)38(27-31-12-7-5-8-13-31)40(45)41-33-15-9-6-10-16-33/h5,7-8,11-14,17-26,33,38H,4,6,9-10,15-16,27-29H2,1-3H3,(H,41,45)/t38-/m1/s1. The molecule has 0 unspecified atom stereocenters. The fraction of sp³-hybridized carbons (Fsp3) is 0.350. The van der Waals surface area contributed by atoms with Gasteiger partial charge in [-0.1, -0.05) is 79.4 Å². The van der Waals surface area contributed by atoms with Crippen LogP contribution in [0, 0.1) is 6.92 Å². The number of nitrogens with zero attached hydrogens (tertiary/aromatic N) is 2. The molecular formula is C40H47N3O6S. The molecule has 50 heavy (non-hydrogen) atoms. The maximum atomic E-state index is 14.8. The number of benzene rings is 4. The van der Waals surface area contributed by atoms with Gasteiger partial charge >= 0.3 is 0 Å². The summed E-state index contributed by atoms with van der Waals surface area (Å²) in [6, 6.07) is 29.2. The first-order valence-corrected chi connectivity index (χ1v) is 18.7. The first kappa shape index (κ1) is 36.5. The van der Waals surface area contributed by atoms with Gasteiger partial charge in [-0.3, -0.25) is 13.9 Å². The number of ether oxygens (including phenoxy) is 2. The highest BCUT2D eigenvalue weighted by Crippen LogP contribution is 2.28. The summed E-state index contributed by atoms with van der Waals surface area (Å²) in [6.45, 7) is 3.73. The van der Waals surface area contributed by atoms with Crippen molar-refractivity contribution in [2.75, 3.05) is 24.6 Å². The van der Waals surface area contributed by atoms with Gasteiger partial charge in [0, 0.05) is 19.0 Å². The van der Waals surface area contributed by atoms with Crippen molar-refractivity contribution in [3.8, 4) is 11.5 Å². The van der Waals surface area contributed by atoms with E-state index in [0.29, 0.717) is 23.8 Å². The molecule has 2 amide bonds. The summed E-state index contributed by atoms with van der Waals surface area (Å²) in [4.78, 5) is 30.7. The lowest BCUT2D eigenvalue weighted by Crippen LogP contribution is -2.55. The predicted molar refractivity (Wildman–Crippen MR) is 196 cm³/mol. The van der Waals surface area contributed by atoms with Crippen LogP contribution >= 0.6 is 0 Å². The number of carbonyl (C=O) groups is 2. The van der Waals surface area contributed by atoms with Gasteiger partial charge < -0.3 is 19.7 Å². The fourth-order valence-corrected chi connectivity index (χ4v) is 7.72. The molecule has 0 heterocycles. The summed E-state index contributed by atoms with van der Waals surface area (Å²) in [5, 5.41) is 3.24. The van der Waals surface area contributed by atoms with Crippen molar-refractivity contribution in [3.63, 3.8) is 0 Å². The minimum Gasteiger partial charge on any atom is -0.497 e. The quantitative estimate of drug-likeness (QED) is 0.149. The average molecular weight is 698 g/mol. The third-order valence-corrected chi connectivity index (χ3v) is 10.8. The van der Waals surface area contributed by atoms with E-state index in [1.165, 1.54) is 4.90 Å². The van der Waals surface area contributed by atoms with E-state index in [0.717, 1.165) is 53.1 Å². The van der Waals surface area contributed by atoms with Crippen LogP contribution in [0.5, 0.6) is 11.5 Å². The molecule has 1 fully saturated rings. The van der Waals surface area contributed by atoms with Gasteiger partial charge in [-0.05, 0) is 86.3 Å². The number of anilines is 1. The molecule has 264 valence electrons. The molecule has 0 bridgehead atoms. The number of amides is 2. The highest BCUT2D eigenvalue weighted by molar-refractivity contribution is 7.92. The zero-order chi connectivity index (χ0) is 35.5. The normalized spacial score (nSPS) is 14.0. The molecule has 1 aliphatic rings. The number of hydrogen-bond acceptors (Lipinski definition) is 6. The molecule has 0 aliphatic heterocycles. The summed E-state index contributed by atoms with van der Waals surface area (Å²) in [5.41, 5.74) is 2.84. The molecule has 0 spiro atoms. The van der Waals surface area contributed by atoms with E-state index in [1.807, 2.05) is 68.4 Å². The Hall–Kier alpha value is -4.83. The van der Waals surface area contributed by atoms with E-state index < -0.39 is 28.5 Å². The van der Waals surface area contributed by atoms with Crippen molar-refractivity contribution in [1.29, 1.82) is 0 Å². The molecule has 0 saturated heterocycles. The van der Waals surface area contributed by atoms with Crippen LogP contribution in [-0.2, 0) is 32.6 Å². The molecule has 4 aromatic rings. The molecule has 4 aromatic carbocycles. The molecule has 1 aliphatic carbocycles. The van der Waals surface area contributed by atoms with Crippen molar-refractivity contribution in [2.45, 2.75) is 75.9 Å². The molecule has 1 N–H and O–H groups in total. The van der Waals surface area contributed by atoms with E-state index in [9.17, 15) is 18.0 Å². The molecule has 10 heteroatoms. The minimum absolute atomic E-state index is 0.0190. The van der Waals surface area contributed by atoms with Crippen LogP contribution in [-0.4, -0.2) is 57.5 Å². The summed E-state index contributed by atoms with van der Waals surface area (Å²) in [7, 11) is -2.64. The van der Waals surface area contributed by atoms with E-state index in [2.05, 4.69) is 5.32 Å². The lowest BCUT2D eigenvalue weighted by molar-refractivity contribution is -0.140. The Balaban J connectivity index is 1.57. The smallest absolute Gasteiger partial charge is 0.264 e. The Morgan fingerprint density at radius 1 is 0.840 bits per heavy atom. The Bertz CT molecular complexity index is 1810. The summed E-state index contributed by atoms with van der Waals surface area (Å²) in [6.07, 6.45) is 5.23. The molecule has 1 atom stereocenters. The monoisotopic (exact) mass is 697 g/mol. The molecular weight excluding hydrogens is 651 g/mol. The maximum Gasteiger partial charge on any atom is 0.264 e. The van der Waals surface area contributed by atoms with Crippen LogP contribution < -0.4 is 19.1 Å². The van der Waals surface area contributed by atoms with Gasteiger partial charge in [0.25, 0.3) is 10.0 Å². The van der Waals surface area contributed by atoms with E-state index in [1.54, 1.807) is 55.6 Å². The van der Waals surface area contributed by atoms with Crippen molar-refractivity contribution in [1.82, 2.24) is 10.2 Å². The third kappa shape index (κ3) is 9.44. The van der Waals surface area contributed by atoms with Crippen LogP contribution in [0.25, 0.3) is 0 Å². The summed E-state index contributed by atoms with van der Waals surface area (Å²) < 4.78 is 40.9. The van der Waals surface area contributed by atoms with Gasteiger partial charge in [-0.15, -0.1) is 0 Å². The van der Waals surface area contributed by atoms with Crippen LogP contribution in [0.4, 0.5) is 5.69 Å². The number of rotatable bonds is 15. The van der Waals surface area contributed by atoms with Gasteiger partial charge in [0.2, 0.25) is 11.8 Å². The summed E-state index contributed by atoms with van der Waals surface area (Å²) >= 11 is 0. The number of carbonyl (C=O) groups excluding carboxylic acids is 2. The molecule has 1 saturated carbocycles. The van der Waals surface area contributed by atoms with Crippen molar-refractivity contribution < 1.29 is 27.5 Å². The summed E-state index contributed by atoms with van der Waals surface area (Å²) in [5.74, 6) is 0.416. The topological polar surface area (TPSA) is 105 Å². The van der Waals surface area contributed by atoms with E-state index in [4.69, 9.17) is 9.47 Å². The average Bonchev–Trinajstić information content (AvgIpc) is 3.13. The second-order valence-corrected chi connectivity index (χ2v) is 14.5. The molecule has 9 nitrogen and oxygen atoms in total. The van der Waals surface area contributed by atoms with E-state index in [-0.39, 0.29) is 29.8 Å². The largest absolute Gasteiger partial charge is 0.497 e. The van der Waals surface area contributed by atoms with Crippen LogP contribution in [0.3, 0.4) is 0 Å². The lowest BCUT2D eigenvalue weighted by atomic mass is 9.94. The number of aryl methyl sites for hydroxylation is 1. The van der Waals surface area contributed by atoms with Gasteiger partial charge in [0.1, 0.15) is 24.1 Å². The Labute approximate surface area is 296 Å². The second-order valence-electron chi connectivity index (χ2n) is 12.7. The van der Waals surface area contributed by atoms with Crippen LogP contribution in [0.1, 0.15) is 55.7 Å². The maximum absolute atomic E-state index is 14.8. The number of nitrogens with one attached hydrogen (secondary N) is 1. The van der Waals surface area contributed by atoms with Crippen molar-refractivity contribution in [3.05, 3.63) is 120 Å². The van der Waals surface area contributed by atoms with Gasteiger partial charge in [-0.25, -0.2) is 8.42 Å². The van der Waals surface area contributed by atoms with Crippen LogP contribution in [0.2, 0.25) is 0 Å². The zero-order valence-electron chi connectivity index (χ0n) is 29.1. The Kier molecular flexibility index (Phi) is 12.5. The highest BCUT2D eigenvalue weighted by Gasteiger charge is 2.35. The number of hydrogen-bond donors (Lipinski definition) is 1. The predicted octanol–water partition coefficient (Wildman–Crippen LogP) is 6.69. The zero-order valence-corrected chi connectivity index (χ0v) is 29.9. The highest BCUT2D eigenvalue weighted by atomic mass is 32.2. The SMILES string of the molecule is CCOc1ccc(N(CC(=O)N(Cc2cccc(OC)c2)[C@H](Cc2ccccc2)C(=O)NC2CCCCC2)S(=O)(=O)c2ccc(C)cc2)cc1. The van der Waals surface area contributed by atoms with E-state index >= 15 is 0 Å². The third-order valence-electron chi connectivity index (χ3n) is 9.03. The van der Waals surface area contributed by atoms with Crippen molar-refractivity contribution in [2.24, 2.45) is 0 Å². The minimum atomic E-state index is -4.21. The van der Waals surface area contributed by atoms with Gasteiger partial charge in [-0.2, -0.15) is 0 Å². The molecule has 0 radical (unpaired) electrons. The van der Waals surface area contributed by atoms with Crippen molar-refractivity contribution >= 4 is 27.5 Å². The number of sulfonamides is 1. The Morgan fingerprint density at radius 2 is 1.52 bits per heavy atom. The number of methoxy groups -OCH3 is 1. The molecule has 5 rings (SSSR count). The first-order valence-electron chi connectivity index (χ1n) is 17.3. The Morgan fingerprint density at radius 3 is 2.18 bits per heavy atom.